The van der Waals surface area contributed by atoms with Gasteiger partial charge in [0.2, 0.25) is 11.8 Å². The normalized spacial score (nSPS) is 19.7. The van der Waals surface area contributed by atoms with E-state index in [-0.39, 0.29) is 18.7 Å². The number of rotatable bonds is 7. The summed E-state index contributed by atoms with van der Waals surface area (Å²) in [6, 6.07) is 4.23. The molecule has 0 saturated carbocycles. The number of β-amino-alcohol motifs (C(OH)–C–C–N with tert-alkyl or cyclic N) is 1. The molecular weight excluding hydrogens is 494 g/mol. The van der Waals surface area contributed by atoms with Crippen molar-refractivity contribution in [1.82, 2.24) is 20.5 Å². The molecule has 36 heavy (non-hydrogen) atoms. The van der Waals surface area contributed by atoms with Crippen molar-refractivity contribution in [3.63, 3.8) is 0 Å². The number of thiazole rings is 1. The molecule has 4 atom stereocenters. The molecular formula is C24H30F2N4O5S. The van der Waals surface area contributed by atoms with Crippen LogP contribution < -0.4 is 10.6 Å². The number of carbonyl (C=O) groups excluding carboxylic acids is 2. The van der Waals surface area contributed by atoms with Crippen LogP contribution in [0.3, 0.4) is 0 Å². The Labute approximate surface area is 211 Å². The number of halogens is 2. The van der Waals surface area contributed by atoms with E-state index in [1.54, 1.807) is 52.0 Å². The van der Waals surface area contributed by atoms with Gasteiger partial charge in [-0.05, 0) is 23.5 Å². The fourth-order valence-corrected chi connectivity index (χ4v) is 4.99. The average molecular weight is 525 g/mol. The van der Waals surface area contributed by atoms with Crippen LogP contribution in [0.25, 0.3) is 10.4 Å². The van der Waals surface area contributed by atoms with Gasteiger partial charge in [0, 0.05) is 13.0 Å². The van der Waals surface area contributed by atoms with Crippen molar-refractivity contribution in [2.45, 2.75) is 64.8 Å². The standard InChI is InChI=1S/C24H30F2N4O5S/c1-12(13-5-7-14(8-6-13)18-17(20(25)26)27-11-36-18)28-21(32)16-9-15(31)10-30(16)22(33)19(24(2,3)4)29-23(34)35/h5-8,11-12,15-16,19-20,29,31H,9-10H2,1-4H3,(H,28,32)(H,34,35)/t12-,15+,16-,19?/m0/s1. The zero-order valence-electron chi connectivity index (χ0n) is 20.4. The smallest absolute Gasteiger partial charge is 0.405 e. The van der Waals surface area contributed by atoms with Gasteiger partial charge in [0.1, 0.15) is 17.8 Å². The molecule has 1 aliphatic heterocycles. The van der Waals surface area contributed by atoms with Crippen LogP contribution in [0.1, 0.15) is 57.8 Å². The largest absolute Gasteiger partial charge is 0.465 e. The van der Waals surface area contributed by atoms with Crippen LogP contribution in [0.4, 0.5) is 13.6 Å². The van der Waals surface area contributed by atoms with Crippen LogP contribution in [0.2, 0.25) is 0 Å². The van der Waals surface area contributed by atoms with Crippen LogP contribution >= 0.6 is 11.3 Å². The quantitative estimate of drug-likeness (QED) is 0.438. The first-order valence-corrected chi connectivity index (χ1v) is 12.3. The lowest BCUT2D eigenvalue weighted by molar-refractivity contribution is -0.142. The van der Waals surface area contributed by atoms with Crippen molar-refractivity contribution in [2.75, 3.05) is 6.54 Å². The lowest BCUT2D eigenvalue weighted by Gasteiger charge is -2.34. The van der Waals surface area contributed by atoms with Crippen LogP contribution in [0.15, 0.2) is 29.8 Å². The van der Waals surface area contributed by atoms with Gasteiger partial charge in [-0.15, -0.1) is 11.3 Å². The maximum atomic E-state index is 13.2. The van der Waals surface area contributed by atoms with E-state index in [1.165, 1.54) is 10.4 Å². The summed E-state index contributed by atoms with van der Waals surface area (Å²) in [5, 5.41) is 24.4. The number of benzene rings is 1. The molecule has 3 rings (SSSR count). The minimum absolute atomic E-state index is 0.0228. The molecule has 1 aliphatic rings. The first-order chi connectivity index (χ1) is 16.8. The van der Waals surface area contributed by atoms with Gasteiger partial charge in [-0.3, -0.25) is 9.59 Å². The van der Waals surface area contributed by atoms with E-state index in [2.05, 4.69) is 15.6 Å². The summed E-state index contributed by atoms with van der Waals surface area (Å²) in [6.45, 7) is 6.76. The highest BCUT2D eigenvalue weighted by molar-refractivity contribution is 7.13. The molecule has 196 valence electrons. The maximum absolute atomic E-state index is 13.2. The lowest BCUT2D eigenvalue weighted by Crippen LogP contribution is -2.57. The number of aliphatic hydroxyl groups is 1. The maximum Gasteiger partial charge on any atom is 0.405 e. The predicted molar refractivity (Wildman–Crippen MR) is 130 cm³/mol. The average Bonchev–Trinajstić information content (AvgIpc) is 3.43. The van der Waals surface area contributed by atoms with Crippen molar-refractivity contribution in [2.24, 2.45) is 5.41 Å². The summed E-state index contributed by atoms with van der Waals surface area (Å²) in [6.07, 6.45) is -4.94. The predicted octanol–water partition coefficient (Wildman–Crippen LogP) is 3.57. The molecule has 0 aliphatic carbocycles. The minimum atomic E-state index is -2.68. The Morgan fingerprint density at radius 3 is 2.36 bits per heavy atom. The third-order valence-corrected chi connectivity index (χ3v) is 6.97. The second-order valence-corrected chi connectivity index (χ2v) is 10.7. The van der Waals surface area contributed by atoms with Crippen LogP contribution in [-0.4, -0.2) is 62.7 Å². The molecule has 2 heterocycles. The van der Waals surface area contributed by atoms with E-state index in [0.29, 0.717) is 16.0 Å². The van der Waals surface area contributed by atoms with Gasteiger partial charge in [-0.25, -0.2) is 18.6 Å². The number of aliphatic hydroxyl groups excluding tert-OH is 1. The van der Waals surface area contributed by atoms with E-state index in [9.17, 15) is 33.4 Å². The summed E-state index contributed by atoms with van der Waals surface area (Å²) < 4.78 is 26.3. The second kappa shape index (κ2) is 10.9. The lowest BCUT2D eigenvalue weighted by atomic mass is 9.85. The van der Waals surface area contributed by atoms with Crippen molar-refractivity contribution >= 4 is 29.2 Å². The van der Waals surface area contributed by atoms with E-state index in [1.807, 2.05) is 0 Å². The van der Waals surface area contributed by atoms with Gasteiger partial charge in [0.25, 0.3) is 6.43 Å². The molecule has 1 unspecified atom stereocenters. The molecule has 1 aromatic heterocycles. The Morgan fingerprint density at radius 2 is 1.81 bits per heavy atom. The number of likely N-dealkylation sites (tertiary alicyclic amines) is 1. The van der Waals surface area contributed by atoms with E-state index < -0.39 is 54.0 Å². The number of nitrogens with zero attached hydrogens (tertiary/aromatic N) is 2. The number of nitrogens with one attached hydrogen (secondary N) is 2. The van der Waals surface area contributed by atoms with Crippen molar-refractivity contribution in [1.29, 1.82) is 0 Å². The third kappa shape index (κ3) is 6.16. The summed E-state index contributed by atoms with van der Waals surface area (Å²) in [4.78, 5) is 42.9. The SMILES string of the molecule is C[C@H](NC(=O)[C@@H]1C[C@@H](O)CN1C(=O)C(NC(=O)O)C(C)(C)C)c1ccc(-c2scnc2C(F)F)cc1. The highest BCUT2D eigenvalue weighted by Crippen LogP contribution is 2.34. The van der Waals surface area contributed by atoms with Gasteiger partial charge in [-0.2, -0.15) is 0 Å². The molecule has 1 fully saturated rings. The topological polar surface area (TPSA) is 132 Å². The third-order valence-electron chi connectivity index (χ3n) is 6.08. The van der Waals surface area contributed by atoms with E-state index in [4.69, 9.17) is 0 Å². The monoisotopic (exact) mass is 524 g/mol. The molecule has 0 spiro atoms. The Kier molecular flexibility index (Phi) is 8.29. The van der Waals surface area contributed by atoms with Crippen molar-refractivity contribution in [3.8, 4) is 10.4 Å². The van der Waals surface area contributed by atoms with Gasteiger partial charge < -0.3 is 25.7 Å². The van der Waals surface area contributed by atoms with Gasteiger partial charge >= 0.3 is 6.09 Å². The molecule has 1 aromatic carbocycles. The molecule has 4 N–H and O–H groups in total. The Bertz CT molecular complexity index is 1100. The van der Waals surface area contributed by atoms with Gasteiger partial charge in [0.05, 0.1) is 22.5 Å². The number of alkyl halides is 2. The fraction of sp³-hybridized carbons (Fsp3) is 0.500. The first kappa shape index (κ1) is 27.5. The van der Waals surface area contributed by atoms with Crippen LogP contribution in [-0.2, 0) is 9.59 Å². The summed E-state index contributed by atoms with van der Waals surface area (Å²) in [5.41, 5.74) is 1.63. The summed E-state index contributed by atoms with van der Waals surface area (Å²) in [5.74, 6) is -1.07. The number of hydrogen-bond donors (Lipinski definition) is 4. The Morgan fingerprint density at radius 1 is 1.17 bits per heavy atom. The molecule has 0 bridgehead atoms. The molecule has 2 aromatic rings. The van der Waals surface area contributed by atoms with Crippen molar-refractivity contribution < 1.29 is 33.4 Å². The number of amides is 3. The molecule has 9 nitrogen and oxygen atoms in total. The van der Waals surface area contributed by atoms with E-state index in [0.717, 1.165) is 11.3 Å². The molecule has 0 radical (unpaired) electrons. The number of carbonyl (C=O) groups is 3. The molecule has 12 heteroatoms. The summed E-state index contributed by atoms with van der Waals surface area (Å²) >= 11 is 1.12. The molecule has 1 saturated heterocycles. The van der Waals surface area contributed by atoms with E-state index >= 15 is 0 Å². The molecule has 3 amide bonds. The van der Waals surface area contributed by atoms with Crippen LogP contribution in [0, 0.1) is 5.41 Å². The number of aromatic nitrogens is 1. The zero-order chi connectivity index (χ0) is 26.8. The highest BCUT2D eigenvalue weighted by Gasteiger charge is 2.44. The number of hydrogen-bond acceptors (Lipinski definition) is 6. The minimum Gasteiger partial charge on any atom is -0.465 e. The summed E-state index contributed by atoms with van der Waals surface area (Å²) in [7, 11) is 0. The Hall–Kier alpha value is -3.12. The Balaban J connectivity index is 1.73. The highest BCUT2D eigenvalue weighted by atomic mass is 32.1. The van der Waals surface area contributed by atoms with Crippen molar-refractivity contribution in [3.05, 3.63) is 41.0 Å². The first-order valence-electron chi connectivity index (χ1n) is 11.4. The number of carboxylic acid groups (broad SMARTS) is 1. The zero-order valence-corrected chi connectivity index (χ0v) is 21.2. The van der Waals surface area contributed by atoms with Gasteiger partial charge in [0.15, 0.2) is 0 Å². The van der Waals surface area contributed by atoms with Gasteiger partial charge in [-0.1, -0.05) is 45.0 Å². The fourth-order valence-electron chi connectivity index (χ4n) is 4.19. The van der Waals surface area contributed by atoms with Crippen LogP contribution in [0.5, 0.6) is 0 Å². The second-order valence-electron chi connectivity index (χ2n) is 9.86.